The SMILES string of the molecule is Cc1cncc([C@H]2CCCN2C(=O)CNS(C)(=O)=O)n1. The van der Waals surface area contributed by atoms with Crippen LogP contribution in [0, 0.1) is 6.92 Å². The maximum Gasteiger partial charge on any atom is 0.238 e. The van der Waals surface area contributed by atoms with E-state index < -0.39 is 10.0 Å². The molecule has 20 heavy (non-hydrogen) atoms. The third-order valence-electron chi connectivity index (χ3n) is 3.17. The Morgan fingerprint density at radius 2 is 2.25 bits per heavy atom. The molecule has 7 nitrogen and oxygen atoms in total. The van der Waals surface area contributed by atoms with Gasteiger partial charge in [0.15, 0.2) is 0 Å². The van der Waals surface area contributed by atoms with Gasteiger partial charge in [0, 0.05) is 12.7 Å². The van der Waals surface area contributed by atoms with E-state index >= 15 is 0 Å². The number of aryl methyl sites for hydroxylation is 1. The number of sulfonamides is 1. The molecule has 1 N–H and O–H groups in total. The fourth-order valence-corrected chi connectivity index (χ4v) is 2.70. The number of hydrogen-bond acceptors (Lipinski definition) is 5. The molecule has 0 saturated carbocycles. The molecule has 1 aromatic heterocycles. The van der Waals surface area contributed by atoms with Crippen molar-refractivity contribution < 1.29 is 13.2 Å². The van der Waals surface area contributed by atoms with Gasteiger partial charge in [-0.3, -0.25) is 14.8 Å². The summed E-state index contributed by atoms with van der Waals surface area (Å²) >= 11 is 0. The molecule has 8 heteroatoms. The van der Waals surface area contributed by atoms with Crippen LogP contribution in [0.3, 0.4) is 0 Å². The fourth-order valence-electron chi connectivity index (χ4n) is 2.31. The van der Waals surface area contributed by atoms with E-state index in [0.717, 1.165) is 30.5 Å². The molecule has 1 aliphatic rings. The van der Waals surface area contributed by atoms with Crippen molar-refractivity contribution >= 4 is 15.9 Å². The molecule has 0 aromatic carbocycles. The Hall–Kier alpha value is -1.54. The van der Waals surface area contributed by atoms with Gasteiger partial charge in [-0.25, -0.2) is 13.1 Å². The molecule has 1 amide bonds. The number of nitrogens with one attached hydrogen (secondary N) is 1. The van der Waals surface area contributed by atoms with Crippen LogP contribution in [0.1, 0.15) is 30.3 Å². The van der Waals surface area contributed by atoms with Crippen molar-refractivity contribution in [2.45, 2.75) is 25.8 Å². The first-order valence-corrected chi connectivity index (χ1v) is 8.28. The van der Waals surface area contributed by atoms with E-state index in [9.17, 15) is 13.2 Å². The largest absolute Gasteiger partial charge is 0.333 e. The molecule has 1 aromatic rings. The highest BCUT2D eigenvalue weighted by molar-refractivity contribution is 7.88. The lowest BCUT2D eigenvalue weighted by atomic mass is 10.1. The Kier molecular flexibility index (Phi) is 4.34. The van der Waals surface area contributed by atoms with Crippen molar-refractivity contribution in [3.63, 3.8) is 0 Å². The predicted octanol–water partition coefficient (Wildman–Crippen LogP) is -0.00228. The number of rotatable bonds is 4. The van der Waals surface area contributed by atoms with Gasteiger partial charge in [-0.1, -0.05) is 0 Å². The molecular formula is C12H18N4O3S. The highest BCUT2D eigenvalue weighted by atomic mass is 32.2. The Labute approximate surface area is 118 Å². The molecule has 1 atom stereocenters. The monoisotopic (exact) mass is 298 g/mol. The summed E-state index contributed by atoms with van der Waals surface area (Å²) in [5.41, 5.74) is 1.56. The molecule has 1 saturated heterocycles. The second-order valence-electron chi connectivity index (χ2n) is 4.92. The molecule has 0 bridgehead atoms. The van der Waals surface area contributed by atoms with Crippen molar-refractivity contribution in [2.75, 3.05) is 19.3 Å². The zero-order valence-electron chi connectivity index (χ0n) is 11.5. The summed E-state index contributed by atoms with van der Waals surface area (Å²) in [6.45, 7) is 2.25. The Balaban J connectivity index is 2.09. The van der Waals surface area contributed by atoms with Crippen LogP contribution in [0.5, 0.6) is 0 Å². The van der Waals surface area contributed by atoms with Gasteiger partial charge in [0.2, 0.25) is 15.9 Å². The number of likely N-dealkylation sites (tertiary alicyclic amines) is 1. The van der Waals surface area contributed by atoms with Crippen LogP contribution >= 0.6 is 0 Å². The van der Waals surface area contributed by atoms with Crippen LogP contribution in [0.4, 0.5) is 0 Å². The van der Waals surface area contributed by atoms with Gasteiger partial charge in [0.25, 0.3) is 0 Å². The summed E-state index contributed by atoms with van der Waals surface area (Å²) in [5, 5.41) is 0. The Morgan fingerprint density at radius 3 is 2.90 bits per heavy atom. The number of carbonyl (C=O) groups is 1. The Bertz CT molecular complexity index is 602. The second-order valence-corrected chi connectivity index (χ2v) is 6.76. The number of carbonyl (C=O) groups excluding carboxylic acids is 1. The third-order valence-corrected chi connectivity index (χ3v) is 3.84. The summed E-state index contributed by atoms with van der Waals surface area (Å²) < 4.78 is 24.3. The summed E-state index contributed by atoms with van der Waals surface area (Å²) in [6.07, 6.45) is 6.06. The van der Waals surface area contributed by atoms with Crippen molar-refractivity contribution in [3.8, 4) is 0 Å². The van der Waals surface area contributed by atoms with E-state index in [2.05, 4.69) is 14.7 Å². The van der Waals surface area contributed by atoms with E-state index in [0.29, 0.717) is 6.54 Å². The highest BCUT2D eigenvalue weighted by Crippen LogP contribution is 2.30. The quantitative estimate of drug-likeness (QED) is 0.844. The van der Waals surface area contributed by atoms with Crippen LogP contribution < -0.4 is 4.72 Å². The van der Waals surface area contributed by atoms with Crippen molar-refractivity contribution in [3.05, 3.63) is 23.8 Å². The maximum atomic E-state index is 12.1. The molecule has 1 aliphatic heterocycles. The van der Waals surface area contributed by atoms with Gasteiger partial charge < -0.3 is 4.90 Å². The summed E-state index contributed by atoms with van der Waals surface area (Å²) in [4.78, 5) is 22.3. The summed E-state index contributed by atoms with van der Waals surface area (Å²) in [7, 11) is -3.36. The van der Waals surface area contributed by atoms with Crippen LogP contribution in [0.2, 0.25) is 0 Å². The number of hydrogen-bond donors (Lipinski definition) is 1. The van der Waals surface area contributed by atoms with Crippen LogP contribution in [-0.2, 0) is 14.8 Å². The Morgan fingerprint density at radius 1 is 1.50 bits per heavy atom. The summed E-state index contributed by atoms with van der Waals surface area (Å²) in [5.74, 6) is -0.235. The first-order valence-electron chi connectivity index (χ1n) is 6.39. The van der Waals surface area contributed by atoms with Gasteiger partial charge in [-0.2, -0.15) is 0 Å². The second kappa shape index (κ2) is 5.84. The lowest BCUT2D eigenvalue weighted by Gasteiger charge is -2.24. The number of aromatic nitrogens is 2. The maximum absolute atomic E-state index is 12.1. The smallest absolute Gasteiger partial charge is 0.238 e. The van der Waals surface area contributed by atoms with Crippen LogP contribution in [0.25, 0.3) is 0 Å². The zero-order chi connectivity index (χ0) is 14.8. The van der Waals surface area contributed by atoms with Crippen molar-refractivity contribution in [1.82, 2.24) is 19.6 Å². The van der Waals surface area contributed by atoms with E-state index in [-0.39, 0.29) is 18.5 Å². The lowest BCUT2D eigenvalue weighted by Crippen LogP contribution is -2.39. The minimum absolute atomic E-state index is 0.115. The molecule has 1 fully saturated rings. The van der Waals surface area contributed by atoms with Gasteiger partial charge in [0.05, 0.1) is 36.4 Å². The number of amides is 1. The average Bonchev–Trinajstić information content (AvgIpc) is 2.84. The average molecular weight is 298 g/mol. The van der Waals surface area contributed by atoms with Gasteiger partial charge in [-0.05, 0) is 19.8 Å². The molecule has 2 rings (SSSR count). The van der Waals surface area contributed by atoms with Crippen molar-refractivity contribution in [2.24, 2.45) is 0 Å². The minimum atomic E-state index is -3.36. The van der Waals surface area contributed by atoms with E-state index in [1.807, 2.05) is 6.92 Å². The normalized spacial score (nSPS) is 19.3. The molecule has 0 radical (unpaired) electrons. The van der Waals surface area contributed by atoms with Gasteiger partial charge >= 0.3 is 0 Å². The van der Waals surface area contributed by atoms with Crippen LogP contribution in [0.15, 0.2) is 12.4 Å². The predicted molar refractivity (Wildman–Crippen MR) is 73.3 cm³/mol. The molecule has 0 spiro atoms. The molecule has 2 heterocycles. The van der Waals surface area contributed by atoms with E-state index in [1.165, 1.54) is 0 Å². The molecule has 110 valence electrons. The highest BCUT2D eigenvalue weighted by Gasteiger charge is 2.31. The standard InChI is InChI=1S/C12H18N4O3S/c1-9-6-13-7-10(15-9)11-4-3-5-16(11)12(17)8-14-20(2,18)19/h6-7,11,14H,3-5,8H2,1-2H3/t11-/m1/s1. The molecule has 0 unspecified atom stereocenters. The minimum Gasteiger partial charge on any atom is -0.333 e. The van der Waals surface area contributed by atoms with E-state index in [4.69, 9.17) is 0 Å². The fraction of sp³-hybridized carbons (Fsp3) is 0.583. The van der Waals surface area contributed by atoms with E-state index in [1.54, 1.807) is 17.3 Å². The van der Waals surface area contributed by atoms with Crippen LogP contribution in [-0.4, -0.2) is 48.5 Å². The summed E-state index contributed by atoms with van der Waals surface area (Å²) in [6, 6.07) is -0.115. The third kappa shape index (κ3) is 3.73. The first-order chi connectivity index (χ1) is 9.37. The first kappa shape index (κ1) is 14.9. The number of nitrogens with zero attached hydrogens (tertiary/aromatic N) is 3. The lowest BCUT2D eigenvalue weighted by molar-refractivity contribution is -0.130. The zero-order valence-corrected chi connectivity index (χ0v) is 12.4. The van der Waals surface area contributed by atoms with Gasteiger partial charge in [0.1, 0.15) is 0 Å². The molecule has 0 aliphatic carbocycles. The van der Waals surface area contributed by atoms with Crippen molar-refractivity contribution in [1.29, 1.82) is 0 Å². The van der Waals surface area contributed by atoms with Gasteiger partial charge in [-0.15, -0.1) is 0 Å². The molecular weight excluding hydrogens is 280 g/mol. The topological polar surface area (TPSA) is 92.3 Å².